The molecule has 1 aromatic carbocycles. The van der Waals surface area contributed by atoms with Crippen LogP contribution in [0.4, 0.5) is 0 Å². The Balaban J connectivity index is 2.20. The van der Waals surface area contributed by atoms with E-state index in [1.54, 1.807) is 14.2 Å². The topological polar surface area (TPSA) is 30.5 Å². The molecule has 3 nitrogen and oxygen atoms in total. The van der Waals surface area contributed by atoms with Gasteiger partial charge < -0.3 is 14.8 Å². The lowest BCUT2D eigenvalue weighted by molar-refractivity contribution is 0.304. The first kappa shape index (κ1) is 16.6. The molecule has 4 heteroatoms. The second-order valence-electron chi connectivity index (χ2n) is 5.81. The van der Waals surface area contributed by atoms with Gasteiger partial charge in [0.05, 0.1) is 14.2 Å². The molecule has 1 N–H and O–H groups in total. The van der Waals surface area contributed by atoms with E-state index in [1.807, 2.05) is 13.1 Å². The van der Waals surface area contributed by atoms with Crippen molar-refractivity contribution in [2.75, 3.05) is 21.3 Å². The summed E-state index contributed by atoms with van der Waals surface area (Å²) >= 11 is 3.68. The Labute approximate surface area is 136 Å². The minimum Gasteiger partial charge on any atom is -0.493 e. The molecule has 21 heavy (non-hydrogen) atoms. The first-order valence-electron chi connectivity index (χ1n) is 7.78. The summed E-state index contributed by atoms with van der Waals surface area (Å²) < 4.78 is 11.9. The molecule has 2 rings (SSSR count). The molecule has 1 aliphatic carbocycles. The molecule has 0 saturated heterocycles. The summed E-state index contributed by atoms with van der Waals surface area (Å²) in [5.74, 6) is 2.39. The quantitative estimate of drug-likeness (QED) is 0.802. The van der Waals surface area contributed by atoms with Gasteiger partial charge in [-0.3, -0.25) is 0 Å². The van der Waals surface area contributed by atoms with Crippen molar-refractivity contribution in [3.05, 3.63) is 22.2 Å². The first-order valence-corrected chi connectivity index (χ1v) is 8.57. The lowest BCUT2D eigenvalue weighted by Gasteiger charge is -2.27. The van der Waals surface area contributed by atoms with Gasteiger partial charge in [-0.2, -0.15) is 0 Å². The van der Waals surface area contributed by atoms with Crippen molar-refractivity contribution in [2.45, 2.75) is 44.6 Å². The monoisotopic (exact) mass is 355 g/mol. The average molecular weight is 356 g/mol. The maximum Gasteiger partial charge on any atom is 0.161 e. The van der Waals surface area contributed by atoms with Gasteiger partial charge in [0.15, 0.2) is 11.5 Å². The van der Waals surface area contributed by atoms with Crippen LogP contribution in [-0.4, -0.2) is 21.3 Å². The van der Waals surface area contributed by atoms with Crippen molar-refractivity contribution in [1.82, 2.24) is 5.32 Å². The van der Waals surface area contributed by atoms with Crippen molar-refractivity contribution in [3.63, 3.8) is 0 Å². The summed E-state index contributed by atoms with van der Waals surface area (Å²) in [6.07, 6.45) is 8.08. The van der Waals surface area contributed by atoms with E-state index in [0.717, 1.165) is 21.9 Å². The van der Waals surface area contributed by atoms with Crippen molar-refractivity contribution in [3.8, 4) is 11.5 Å². The fourth-order valence-corrected chi connectivity index (χ4v) is 3.89. The van der Waals surface area contributed by atoms with Gasteiger partial charge in [0.25, 0.3) is 0 Å². The molecule has 0 amide bonds. The number of nitrogens with one attached hydrogen (secondary N) is 1. The van der Waals surface area contributed by atoms with Gasteiger partial charge in [0.2, 0.25) is 0 Å². The molecule has 118 valence electrons. The third-order valence-electron chi connectivity index (χ3n) is 4.52. The molecule has 0 spiro atoms. The fraction of sp³-hybridized carbons (Fsp3) is 0.647. The highest BCUT2D eigenvalue weighted by molar-refractivity contribution is 9.10. The Morgan fingerprint density at radius 1 is 1.14 bits per heavy atom. The molecule has 0 bridgehead atoms. The third-order valence-corrected chi connectivity index (χ3v) is 5.21. The predicted molar refractivity (Wildman–Crippen MR) is 90.2 cm³/mol. The van der Waals surface area contributed by atoms with Crippen LogP contribution in [0.5, 0.6) is 11.5 Å². The number of hydrogen-bond donors (Lipinski definition) is 1. The van der Waals surface area contributed by atoms with Gasteiger partial charge in [0.1, 0.15) is 0 Å². The van der Waals surface area contributed by atoms with Crippen LogP contribution in [-0.2, 0) is 0 Å². The molecule has 1 aromatic rings. The Morgan fingerprint density at radius 3 is 2.33 bits per heavy atom. The Morgan fingerprint density at radius 2 is 1.76 bits per heavy atom. The smallest absolute Gasteiger partial charge is 0.161 e. The zero-order chi connectivity index (χ0) is 15.2. The van der Waals surface area contributed by atoms with Gasteiger partial charge >= 0.3 is 0 Å². The molecular weight excluding hydrogens is 330 g/mol. The van der Waals surface area contributed by atoms with E-state index in [9.17, 15) is 0 Å². The van der Waals surface area contributed by atoms with Crippen LogP contribution < -0.4 is 14.8 Å². The Kier molecular flexibility index (Phi) is 6.37. The SMILES string of the molecule is CNC(CC1CCCCC1)c1cc(OC)c(OC)cc1Br. The number of rotatable bonds is 6. The van der Waals surface area contributed by atoms with Crippen LogP contribution in [0.3, 0.4) is 0 Å². The van der Waals surface area contributed by atoms with E-state index in [4.69, 9.17) is 9.47 Å². The minimum absolute atomic E-state index is 0.349. The maximum atomic E-state index is 5.44. The lowest BCUT2D eigenvalue weighted by Crippen LogP contribution is -2.21. The molecule has 1 fully saturated rings. The Hall–Kier alpha value is -0.740. The summed E-state index contributed by atoms with van der Waals surface area (Å²) in [6, 6.07) is 4.44. The normalized spacial score (nSPS) is 17.5. The molecule has 1 aliphatic rings. The van der Waals surface area contributed by atoms with E-state index in [0.29, 0.717) is 6.04 Å². The van der Waals surface area contributed by atoms with Crippen molar-refractivity contribution in [1.29, 1.82) is 0 Å². The third kappa shape index (κ3) is 4.13. The summed E-state index contributed by atoms with van der Waals surface area (Å²) in [4.78, 5) is 0. The second-order valence-corrected chi connectivity index (χ2v) is 6.66. The van der Waals surface area contributed by atoms with Crippen molar-refractivity contribution < 1.29 is 9.47 Å². The fourth-order valence-electron chi connectivity index (χ4n) is 3.29. The van der Waals surface area contributed by atoms with Crippen molar-refractivity contribution >= 4 is 15.9 Å². The number of halogens is 1. The summed E-state index contributed by atoms with van der Waals surface area (Å²) in [5, 5.41) is 3.47. The zero-order valence-electron chi connectivity index (χ0n) is 13.2. The second kappa shape index (κ2) is 8.04. The van der Waals surface area contributed by atoms with Crippen LogP contribution in [0.15, 0.2) is 16.6 Å². The van der Waals surface area contributed by atoms with Crippen molar-refractivity contribution in [2.24, 2.45) is 5.92 Å². The summed E-state index contributed by atoms with van der Waals surface area (Å²) in [5.41, 5.74) is 1.25. The highest BCUT2D eigenvalue weighted by Gasteiger charge is 2.22. The van der Waals surface area contributed by atoms with E-state index >= 15 is 0 Å². The van der Waals surface area contributed by atoms with Gasteiger partial charge in [-0.15, -0.1) is 0 Å². The molecule has 1 unspecified atom stereocenters. The summed E-state index contributed by atoms with van der Waals surface area (Å²) in [7, 11) is 5.39. The molecule has 1 atom stereocenters. The van der Waals surface area contributed by atoms with E-state index in [1.165, 1.54) is 44.1 Å². The number of methoxy groups -OCH3 is 2. The van der Waals surface area contributed by atoms with Gasteiger partial charge in [-0.1, -0.05) is 48.0 Å². The van der Waals surface area contributed by atoms with Gasteiger partial charge in [-0.25, -0.2) is 0 Å². The predicted octanol–water partition coefficient (Wildman–Crippen LogP) is 4.70. The van der Waals surface area contributed by atoms with Crippen LogP contribution in [0, 0.1) is 5.92 Å². The molecular formula is C17H26BrNO2. The minimum atomic E-state index is 0.349. The Bertz CT molecular complexity index is 458. The largest absolute Gasteiger partial charge is 0.493 e. The average Bonchev–Trinajstić information content (AvgIpc) is 2.53. The lowest BCUT2D eigenvalue weighted by atomic mass is 9.83. The van der Waals surface area contributed by atoms with Crippen LogP contribution in [0.1, 0.15) is 50.1 Å². The van der Waals surface area contributed by atoms with Crippen LogP contribution >= 0.6 is 15.9 Å². The van der Waals surface area contributed by atoms with Crippen LogP contribution in [0.2, 0.25) is 0 Å². The molecule has 0 radical (unpaired) electrons. The van der Waals surface area contributed by atoms with Gasteiger partial charge in [0, 0.05) is 10.5 Å². The highest BCUT2D eigenvalue weighted by Crippen LogP contribution is 2.39. The van der Waals surface area contributed by atoms with Gasteiger partial charge in [-0.05, 0) is 37.1 Å². The van der Waals surface area contributed by atoms with E-state index in [-0.39, 0.29) is 0 Å². The maximum absolute atomic E-state index is 5.44. The molecule has 0 aromatic heterocycles. The number of hydrogen-bond acceptors (Lipinski definition) is 3. The number of benzene rings is 1. The molecule has 1 saturated carbocycles. The van der Waals surface area contributed by atoms with E-state index < -0.39 is 0 Å². The zero-order valence-corrected chi connectivity index (χ0v) is 14.8. The van der Waals surface area contributed by atoms with Crippen LogP contribution in [0.25, 0.3) is 0 Å². The highest BCUT2D eigenvalue weighted by atomic mass is 79.9. The molecule has 0 aliphatic heterocycles. The standard InChI is InChI=1S/C17H26BrNO2/c1-19-15(9-12-7-5-4-6-8-12)13-10-16(20-2)17(21-3)11-14(13)18/h10-12,15,19H,4-9H2,1-3H3. The van der Waals surface area contributed by atoms with E-state index in [2.05, 4.69) is 27.3 Å². The summed E-state index contributed by atoms with van der Waals surface area (Å²) in [6.45, 7) is 0. The number of ether oxygens (including phenoxy) is 2. The first-order chi connectivity index (χ1) is 10.2. The molecule has 0 heterocycles.